The van der Waals surface area contributed by atoms with E-state index in [1.807, 2.05) is 0 Å². The van der Waals surface area contributed by atoms with Gasteiger partial charge in [0.2, 0.25) is 0 Å². The van der Waals surface area contributed by atoms with E-state index in [4.69, 9.17) is 0 Å². The first-order valence-electron chi connectivity index (χ1n) is 7.19. The van der Waals surface area contributed by atoms with E-state index >= 15 is 0 Å². The summed E-state index contributed by atoms with van der Waals surface area (Å²) in [5, 5.41) is 3.66. The number of benzene rings is 1. The molecule has 0 saturated carbocycles. The first kappa shape index (κ1) is 13.4. The lowest BCUT2D eigenvalue weighted by atomic mass is 10.0. The van der Waals surface area contributed by atoms with Crippen LogP contribution in [-0.4, -0.2) is 25.2 Å². The van der Waals surface area contributed by atoms with Crippen molar-refractivity contribution in [2.24, 2.45) is 0 Å². The number of nitrogens with zero attached hydrogens (tertiary/aromatic N) is 1. The summed E-state index contributed by atoms with van der Waals surface area (Å²) in [4.78, 5) is 2.58. The molecule has 1 aromatic rings. The maximum Gasteiger partial charge on any atom is 0.0401 e. The Bertz CT molecular complexity index is 400. The highest BCUT2D eigenvalue weighted by Crippen LogP contribution is 2.26. The molecule has 1 N–H and O–H groups in total. The molecule has 18 heavy (non-hydrogen) atoms. The van der Waals surface area contributed by atoms with Gasteiger partial charge in [-0.25, -0.2) is 0 Å². The minimum atomic E-state index is 0.582. The number of hydrogen-bond acceptors (Lipinski definition) is 2. The highest BCUT2D eigenvalue weighted by molar-refractivity contribution is 5.57. The predicted molar refractivity (Wildman–Crippen MR) is 79.4 cm³/mol. The van der Waals surface area contributed by atoms with Crippen LogP contribution in [0.5, 0.6) is 0 Å². The second-order valence-electron chi connectivity index (χ2n) is 5.61. The second-order valence-corrected chi connectivity index (χ2v) is 5.61. The fourth-order valence-electron chi connectivity index (χ4n) is 2.85. The first-order chi connectivity index (χ1) is 8.63. The van der Waals surface area contributed by atoms with Gasteiger partial charge >= 0.3 is 0 Å². The van der Waals surface area contributed by atoms with Crippen LogP contribution in [0.25, 0.3) is 0 Å². The molecule has 0 radical (unpaired) electrons. The molecule has 1 saturated heterocycles. The Morgan fingerprint density at radius 3 is 2.83 bits per heavy atom. The molecule has 0 amide bonds. The van der Waals surface area contributed by atoms with Gasteiger partial charge in [0.15, 0.2) is 0 Å². The molecule has 2 nitrogen and oxygen atoms in total. The van der Waals surface area contributed by atoms with Crippen molar-refractivity contribution in [3.8, 4) is 0 Å². The Kier molecular flexibility index (Phi) is 4.28. The van der Waals surface area contributed by atoms with Gasteiger partial charge in [-0.3, -0.25) is 0 Å². The molecular formula is C16H26N2. The predicted octanol–water partition coefficient (Wildman–Crippen LogP) is 3.27. The van der Waals surface area contributed by atoms with Gasteiger partial charge in [-0.05, 0) is 44.4 Å². The molecule has 2 unspecified atom stereocenters. The van der Waals surface area contributed by atoms with Gasteiger partial charge < -0.3 is 10.2 Å². The van der Waals surface area contributed by atoms with Crippen molar-refractivity contribution in [1.29, 1.82) is 0 Å². The minimum absolute atomic E-state index is 0.582. The van der Waals surface area contributed by atoms with E-state index in [-0.39, 0.29) is 0 Å². The molecule has 0 bridgehead atoms. The molecule has 1 aliphatic rings. The number of hydrogen-bond donors (Lipinski definition) is 1. The molecule has 0 aliphatic carbocycles. The van der Waals surface area contributed by atoms with Crippen LogP contribution in [0, 0.1) is 13.8 Å². The lowest BCUT2D eigenvalue weighted by Gasteiger charge is -2.41. The summed E-state index contributed by atoms with van der Waals surface area (Å²) in [6.07, 6.45) is 2.53. The molecule has 2 rings (SSSR count). The highest BCUT2D eigenvalue weighted by atomic mass is 15.2. The zero-order chi connectivity index (χ0) is 13.1. The summed E-state index contributed by atoms with van der Waals surface area (Å²) < 4.78 is 0. The minimum Gasteiger partial charge on any atom is -0.366 e. The monoisotopic (exact) mass is 246 g/mol. The van der Waals surface area contributed by atoms with Crippen molar-refractivity contribution in [3.63, 3.8) is 0 Å². The van der Waals surface area contributed by atoms with Gasteiger partial charge in [-0.1, -0.05) is 25.5 Å². The van der Waals surface area contributed by atoms with Gasteiger partial charge in [0.05, 0.1) is 0 Å². The van der Waals surface area contributed by atoms with Crippen LogP contribution in [0.3, 0.4) is 0 Å². The van der Waals surface area contributed by atoms with Crippen LogP contribution in [0.15, 0.2) is 18.2 Å². The lowest BCUT2D eigenvalue weighted by molar-refractivity contribution is 0.386. The average Bonchev–Trinajstić information content (AvgIpc) is 2.36. The molecule has 100 valence electrons. The molecule has 1 heterocycles. The number of anilines is 1. The summed E-state index contributed by atoms with van der Waals surface area (Å²) in [6.45, 7) is 11.3. The highest BCUT2D eigenvalue weighted by Gasteiger charge is 2.25. The largest absolute Gasteiger partial charge is 0.366 e. The topological polar surface area (TPSA) is 15.3 Å². The third-order valence-electron chi connectivity index (χ3n) is 4.17. The lowest BCUT2D eigenvalue weighted by Crippen LogP contribution is -2.55. The van der Waals surface area contributed by atoms with Crippen molar-refractivity contribution in [2.75, 3.05) is 18.0 Å². The number of nitrogens with one attached hydrogen (secondary N) is 1. The molecule has 2 heteroatoms. The Labute approximate surface area is 111 Å². The third kappa shape index (κ3) is 2.69. The van der Waals surface area contributed by atoms with Crippen LogP contribution in [-0.2, 0) is 0 Å². The Hall–Kier alpha value is -1.02. The fraction of sp³-hybridized carbons (Fsp3) is 0.625. The second kappa shape index (κ2) is 5.75. The zero-order valence-electron chi connectivity index (χ0n) is 12.2. The van der Waals surface area contributed by atoms with Crippen LogP contribution >= 0.6 is 0 Å². The van der Waals surface area contributed by atoms with E-state index < -0.39 is 0 Å². The first-order valence-corrected chi connectivity index (χ1v) is 7.19. The zero-order valence-corrected chi connectivity index (χ0v) is 12.2. The Morgan fingerprint density at radius 1 is 1.33 bits per heavy atom. The average molecular weight is 246 g/mol. The van der Waals surface area contributed by atoms with Crippen LogP contribution in [0.2, 0.25) is 0 Å². The molecule has 1 aliphatic heterocycles. The quantitative estimate of drug-likeness (QED) is 0.880. The molecule has 1 aromatic carbocycles. The number of rotatable bonds is 3. The molecule has 0 aromatic heterocycles. The number of piperazine rings is 1. The molecule has 1 fully saturated rings. The van der Waals surface area contributed by atoms with Gasteiger partial charge in [0.1, 0.15) is 0 Å². The fourth-order valence-corrected chi connectivity index (χ4v) is 2.85. The summed E-state index contributed by atoms with van der Waals surface area (Å²) in [6, 6.07) is 7.88. The van der Waals surface area contributed by atoms with Crippen LogP contribution in [0.1, 0.15) is 37.8 Å². The van der Waals surface area contributed by atoms with Gasteiger partial charge in [0, 0.05) is 30.9 Å². The van der Waals surface area contributed by atoms with Gasteiger partial charge in [-0.2, -0.15) is 0 Å². The van der Waals surface area contributed by atoms with E-state index in [9.17, 15) is 0 Å². The smallest absolute Gasteiger partial charge is 0.0401 e. The Morgan fingerprint density at radius 2 is 2.11 bits per heavy atom. The summed E-state index contributed by atoms with van der Waals surface area (Å²) in [5.41, 5.74) is 4.25. The molecule has 0 spiro atoms. The van der Waals surface area contributed by atoms with Gasteiger partial charge in [0.25, 0.3) is 0 Å². The summed E-state index contributed by atoms with van der Waals surface area (Å²) in [5.74, 6) is 0. The maximum absolute atomic E-state index is 3.66. The van der Waals surface area contributed by atoms with Crippen molar-refractivity contribution in [1.82, 2.24) is 5.32 Å². The standard InChI is InChI=1S/C16H26N2/c1-5-7-15-11-18(13(3)10-17-15)16-9-6-8-12(2)14(16)4/h6,8-9,13,15,17H,5,7,10-11H2,1-4H3. The van der Waals surface area contributed by atoms with Crippen LogP contribution in [0.4, 0.5) is 5.69 Å². The summed E-state index contributed by atoms with van der Waals surface area (Å²) >= 11 is 0. The van der Waals surface area contributed by atoms with Crippen molar-refractivity contribution in [2.45, 2.75) is 52.6 Å². The van der Waals surface area contributed by atoms with Crippen molar-refractivity contribution < 1.29 is 0 Å². The van der Waals surface area contributed by atoms with E-state index in [0.717, 1.165) is 13.1 Å². The SMILES string of the molecule is CCCC1CN(c2cccc(C)c2C)C(C)CN1. The van der Waals surface area contributed by atoms with Crippen molar-refractivity contribution >= 4 is 5.69 Å². The number of aryl methyl sites for hydroxylation is 1. The molecule has 2 atom stereocenters. The molecular weight excluding hydrogens is 220 g/mol. The summed E-state index contributed by atoms with van der Waals surface area (Å²) in [7, 11) is 0. The third-order valence-corrected chi connectivity index (χ3v) is 4.17. The maximum atomic E-state index is 3.66. The Balaban J connectivity index is 2.21. The van der Waals surface area contributed by atoms with E-state index in [1.165, 1.54) is 29.7 Å². The normalized spacial score (nSPS) is 24.3. The van der Waals surface area contributed by atoms with Gasteiger partial charge in [-0.15, -0.1) is 0 Å². The van der Waals surface area contributed by atoms with E-state index in [2.05, 4.69) is 56.1 Å². The van der Waals surface area contributed by atoms with E-state index in [0.29, 0.717) is 12.1 Å². The van der Waals surface area contributed by atoms with Crippen LogP contribution < -0.4 is 10.2 Å². The van der Waals surface area contributed by atoms with E-state index in [1.54, 1.807) is 0 Å². The van der Waals surface area contributed by atoms with Crippen molar-refractivity contribution in [3.05, 3.63) is 29.3 Å².